The van der Waals surface area contributed by atoms with Crippen LogP contribution in [0.15, 0.2) is 10.3 Å². The van der Waals surface area contributed by atoms with Gasteiger partial charge in [0.1, 0.15) is 9.09 Å². The molecule has 20 heavy (non-hydrogen) atoms. The lowest BCUT2D eigenvalue weighted by Crippen LogP contribution is -2.47. The number of carboxylic acids is 1. The zero-order chi connectivity index (χ0) is 15.1. The lowest BCUT2D eigenvalue weighted by atomic mass is 10.2. The molecule has 1 aromatic heterocycles. The Morgan fingerprint density at radius 2 is 2.10 bits per heavy atom. The smallest absolute Gasteiger partial charge is 0.346 e. The number of aromatic carboxylic acids is 1. The van der Waals surface area contributed by atoms with Crippen molar-refractivity contribution in [3.8, 4) is 0 Å². The standard InChI is InChI=1S/C12H17NO4S3/c1-7-6-10(19-11(7)12(14)15)20(16,17)13-4-5-18-9(3)8(13)2/h6,8-9H,4-5H2,1-3H3,(H,14,15). The minimum atomic E-state index is -3.60. The maximum atomic E-state index is 12.7. The van der Waals surface area contributed by atoms with Gasteiger partial charge in [0.25, 0.3) is 10.0 Å². The second-order valence-electron chi connectivity index (χ2n) is 4.81. The molecule has 2 unspecified atom stereocenters. The fourth-order valence-corrected chi connectivity index (χ4v) is 6.66. The van der Waals surface area contributed by atoms with Crippen LogP contribution in [-0.4, -0.2) is 47.4 Å². The van der Waals surface area contributed by atoms with Crippen LogP contribution in [0.3, 0.4) is 0 Å². The highest BCUT2D eigenvalue weighted by atomic mass is 32.2. The molecule has 1 saturated heterocycles. The molecule has 0 radical (unpaired) electrons. The predicted octanol–water partition coefficient (Wildman–Crippen LogP) is 2.27. The number of thiophene rings is 1. The van der Waals surface area contributed by atoms with Gasteiger partial charge in [-0.1, -0.05) is 6.92 Å². The first-order chi connectivity index (χ1) is 9.25. The highest BCUT2D eigenvalue weighted by Gasteiger charge is 2.36. The summed E-state index contributed by atoms with van der Waals surface area (Å²) < 4.78 is 26.9. The van der Waals surface area contributed by atoms with Crippen LogP contribution in [0.5, 0.6) is 0 Å². The molecule has 1 aromatic rings. The van der Waals surface area contributed by atoms with Gasteiger partial charge in [0.05, 0.1) is 0 Å². The number of sulfonamides is 1. The molecule has 0 spiro atoms. The average molecular weight is 335 g/mol. The Labute approximate surface area is 127 Å². The Kier molecular flexibility index (Phi) is 4.48. The second kappa shape index (κ2) is 5.67. The van der Waals surface area contributed by atoms with E-state index in [1.165, 1.54) is 10.4 Å². The summed E-state index contributed by atoms with van der Waals surface area (Å²) in [6, 6.07) is 1.37. The van der Waals surface area contributed by atoms with E-state index in [1.807, 2.05) is 13.8 Å². The summed E-state index contributed by atoms with van der Waals surface area (Å²) in [4.78, 5) is 11.1. The van der Waals surface area contributed by atoms with E-state index in [1.54, 1.807) is 18.7 Å². The summed E-state index contributed by atoms with van der Waals surface area (Å²) in [5.74, 6) is -0.314. The van der Waals surface area contributed by atoms with Crippen molar-refractivity contribution in [2.75, 3.05) is 12.3 Å². The average Bonchev–Trinajstić information content (AvgIpc) is 2.75. The molecule has 2 rings (SSSR count). The SMILES string of the molecule is Cc1cc(S(=O)(=O)N2CCSC(C)C2C)sc1C(=O)O. The number of thioether (sulfide) groups is 1. The minimum Gasteiger partial charge on any atom is -0.477 e. The van der Waals surface area contributed by atoms with E-state index < -0.39 is 16.0 Å². The number of carbonyl (C=O) groups is 1. The van der Waals surface area contributed by atoms with Gasteiger partial charge < -0.3 is 5.11 Å². The van der Waals surface area contributed by atoms with E-state index in [0.717, 1.165) is 17.1 Å². The van der Waals surface area contributed by atoms with Crippen molar-refractivity contribution >= 4 is 39.1 Å². The molecule has 1 aliphatic rings. The molecule has 0 bridgehead atoms. The molecule has 5 nitrogen and oxygen atoms in total. The molecule has 0 aliphatic carbocycles. The van der Waals surface area contributed by atoms with Gasteiger partial charge >= 0.3 is 5.97 Å². The van der Waals surface area contributed by atoms with Crippen molar-refractivity contribution in [3.05, 3.63) is 16.5 Å². The molecule has 0 amide bonds. The number of aryl methyl sites for hydroxylation is 1. The van der Waals surface area contributed by atoms with E-state index in [0.29, 0.717) is 12.1 Å². The summed E-state index contributed by atoms with van der Waals surface area (Å²) in [6.07, 6.45) is 0. The molecule has 0 saturated carbocycles. The zero-order valence-corrected chi connectivity index (χ0v) is 13.9. The van der Waals surface area contributed by atoms with Crippen molar-refractivity contribution in [2.45, 2.75) is 36.3 Å². The van der Waals surface area contributed by atoms with Crippen LogP contribution in [0.25, 0.3) is 0 Å². The van der Waals surface area contributed by atoms with Crippen molar-refractivity contribution in [1.29, 1.82) is 0 Å². The highest BCUT2D eigenvalue weighted by Crippen LogP contribution is 2.33. The first kappa shape index (κ1) is 15.8. The first-order valence-electron chi connectivity index (χ1n) is 6.22. The Morgan fingerprint density at radius 1 is 1.45 bits per heavy atom. The molecule has 8 heteroatoms. The van der Waals surface area contributed by atoms with Gasteiger partial charge in [0.15, 0.2) is 0 Å². The topological polar surface area (TPSA) is 74.7 Å². The van der Waals surface area contributed by atoms with Crippen LogP contribution in [0, 0.1) is 6.92 Å². The van der Waals surface area contributed by atoms with Crippen LogP contribution in [0.2, 0.25) is 0 Å². The van der Waals surface area contributed by atoms with Crippen molar-refractivity contribution in [3.63, 3.8) is 0 Å². The fourth-order valence-electron chi connectivity index (χ4n) is 2.15. The molecule has 1 aliphatic heterocycles. The summed E-state index contributed by atoms with van der Waals surface area (Å²) in [6.45, 7) is 6.00. The van der Waals surface area contributed by atoms with Crippen LogP contribution in [0.4, 0.5) is 0 Å². The first-order valence-corrected chi connectivity index (χ1v) is 9.53. The third-order valence-electron chi connectivity index (χ3n) is 3.48. The predicted molar refractivity (Wildman–Crippen MR) is 81.3 cm³/mol. The van der Waals surface area contributed by atoms with Gasteiger partial charge in [-0.3, -0.25) is 0 Å². The maximum absolute atomic E-state index is 12.7. The third-order valence-corrected chi connectivity index (χ3v) is 8.48. The molecular weight excluding hydrogens is 318 g/mol. The van der Waals surface area contributed by atoms with Crippen molar-refractivity contribution in [1.82, 2.24) is 4.31 Å². The fraction of sp³-hybridized carbons (Fsp3) is 0.583. The number of hydrogen-bond donors (Lipinski definition) is 1. The van der Waals surface area contributed by atoms with E-state index in [-0.39, 0.29) is 20.4 Å². The molecule has 2 atom stereocenters. The lowest BCUT2D eigenvalue weighted by molar-refractivity contribution is 0.0701. The monoisotopic (exact) mass is 335 g/mol. The van der Waals surface area contributed by atoms with Crippen LogP contribution in [-0.2, 0) is 10.0 Å². The quantitative estimate of drug-likeness (QED) is 0.917. The zero-order valence-electron chi connectivity index (χ0n) is 11.5. The van der Waals surface area contributed by atoms with Gasteiger partial charge in [-0.25, -0.2) is 13.2 Å². The molecule has 1 N–H and O–H groups in total. The summed E-state index contributed by atoms with van der Waals surface area (Å²) in [7, 11) is -3.60. The largest absolute Gasteiger partial charge is 0.477 e. The Morgan fingerprint density at radius 3 is 2.65 bits per heavy atom. The Hall–Kier alpha value is -0.570. The number of rotatable bonds is 3. The highest BCUT2D eigenvalue weighted by molar-refractivity contribution is 8.00. The van der Waals surface area contributed by atoms with Gasteiger partial charge in [0.2, 0.25) is 0 Å². The normalized spacial score (nSPS) is 24.8. The number of carboxylic acid groups (broad SMARTS) is 1. The van der Waals surface area contributed by atoms with Gasteiger partial charge in [-0.15, -0.1) is 11.3 Å². The molecule has 1 fully saturated rings. The van der Waals surface area contributed by atoms with Crippen LogP contribution in [0.1, 0.15) is 29.1 Å². The summed E-state index contributed by atoms with van der Waals surface area (Å²) >= 11 is 2.59. The third kappa shape index (κ3) is 2.74. The van der Waals surface area contributed by atoms with Gasteiger partial charge in [-0.05, 0) is 25.5 Å². The van der Waals surface area contributed by atoms with Crippen molar-refractivity contribution in [2.24, 2.45) is 0 Å². The molecule has 2 heterocycles. The second-order valence-corrected chi connectivity index (χ2v) is 9.47. The van der Waals surface area contributed by atoms with Crippen molar-refractivity contribution < 1.29 is 18.3 Å². The van der Waals surface area contributed by atoms with Crippen LogP contribution >= 0.6 is 23.1 Å². The summed E-state index contributed by atoms with van der Waals surface area (Å²) in [5.41, 5.74) is 0.494. The van der Waals surface area contributed by atoms with E-state index >= 15 is 0 Å². The number of nitrogens with zero attached hydrogens (tertiary/aromatic N) is 1. The molecule has 0 aromatic carbocycles. The maximum Gasteiger partial charge on any atom is 0.346 e. The van der Waals surface area contributed by atoms with Gasteiger partial charge in [-0.2, -0.15) is 16.1 Å². The van der Waals surface area contributed by atoms with Gasteiger partial charge in [0, 0.05) is 23.6 Å². The van der Waals surface area contributed by atoms with E-state index in [9.17, 15) is 13.2 Å². The van der Waals surface area contributed by atoms with E-state index in [4.69, 9.17) is 5.11 Å². The number of hydrogen-bond acceptors (Lipinski definition) is 5. The van der Waals surface area contributed by atoms with E-state index in [2.05, 4.69) is 0 Å². The molecular formula is C12H17NO4S3. The summed E-state index contributed by atoms with van der Waals surface area (Å²) in [5, 5.41) is 9.28. The van der Waals surface area contributed by atoms with Crippen LogP contribution < -0.4 is 0 Å². The minimum absolute atomic E-state index is 0.0885. The Balaban J connectivity index is 2.40. The lowest BCUT2D eigenvalue weighted by Gasteiger charge is -2.35. The Bertz CT molecular complexity index is 623. The molecule has 112 valence electrons.